The number of aliphatic hydroxyl groups is 1. The van der Waals surface area contributed by atoms with Gasteiger partial charge in [0.05, 0.1) is 18.2 Å². The highest BCUT2D eigenvalue weighted by atomic mass is 32.1. The monoisotopic (exact) mass is 456 g/mol. The second kappa shape index (κ2) is 10.3. The fourth-order valence-electron chi connectivity index (χ4n) is 3.81. The Hall–Kier alpha value is -2.64. The maximum absolute atomic E-state index is 13.0. The van der Waals surface area contributed by atoms with E-state index in [-0.39, 0.29) is 11.3 Å². The predicted octanol–water partition coefficient (Wildman–Crippen LogP) is 4.46. The predicted molar refractivity (Wildman–Crippen MR) is 128 cm³/mol. The van der Waals surface area contributed by atoms with Gasteiger partial charge in [-0.05, 0) is 75.1 Å². The van der Waals surface area contributed by atoms with Crippen LogP contribution in [0.2, 0.25) is 0 Å². The van der Waals surface area contributed by atoms with Crippen LogP contribution in [0.3, 0.4) is 0 Å². The van der Waals surface area contributed by atoms with Gasteiger partial charge in [0.2, 0.25) is 0 Å². The van der Waals surface area contributed by atoms with Crippen LogP contribution >= 0.6 is 11.3 Å². The summed E-state index contributed by atoms with van der Waals surface area (Å²) in [6.07, 6.45) is 0.739. The topological polar surface area (TPSA) is 70.1 Å². The van der Waals surface area contributed by atoms with E-state index in [1.54, 1.807) is 17.0 Å². The molecule has 1 amide bonds. The van der Waals surface area contributed by atoms with E-state index in [9.17, 15) is 14.7 Å². The van der Waals surface area contributed by atoms with Crippen LogP contribution in [-0.4, -0.2) is 60.4 Å². The van der Waals surface area contributed by atoms with Crippen LogP contribution < -0.4 is 4.74 Å². The van der Waals surface area contributed by atoms with Gasteiger partial charge in [-0.25, -0.2) is 0 Å². The number of carbonyl (C=O) groups is 2. The molecule has 2 aromatic rings. The van der Waals surface area contributed by atoms with E-state index in [1.807, 2.05) is 49.5 Å². The van der Waals surface area contributed by atoms with E-state index < -0.39 is 17.7 Å². The number of aryl methyl sites for hydroxylation is 1. The summed E-state index contributed by atoms with van der Waals surface area (Å²) in [5, 5.41) is 13.2. The number of hydrogen-bond acceptors (Lipinski definition) is 6. The van der Waals surface area contributed by atoms with Gasteiger partial charge in [0, 0.05) is 17.0 Å². The first-order chi connectivity index (χ1) is 15.2. The molecule has 1 aliphatic heterocycles. The molecule has 2 heterocycles. The van der Waals surface area contributed by atoms with Gasteiger partial charge in [0.25, 0.3) is 11.7 Å². The summed E-state index contributed by atoms with van der Waals surface area (Å²) in [6, 6.07) is 8.62. The summed E-state index contributed by atoms with van der Waals surface area (Å²) in [6.45, 7) is 7.87. The number of ether oxygens (including phenoxy) is 1. The molecule has 1 saturated heterocycles. The van der Waals surface area contributed by atoms with Crippen LogP contribution in [0, 0.1) is 12.8 Å². The quantitative estimate of drug-likeness (QED) is 0.343. The van der Waals surface area contributed by atoms with E-state index in [0.717, 1.165) is 23.4 Å². The molecule has 7 heteroatoms. The van der Waals surface area contributed by atoms with Crippen molar-refractivity contribution in [2.45, 2.75) is 33.2 Å². The Kier molecular flexibility index (Phi) is 7.74. The molecule has 0 radical (unpaired) electrons. The standard InChI is InChI=1S/C25H32N2O4S/c1-16(2)15-31-18-9-10-19(17(3)14-18)23(28)21-22(20-8-6-13-32-20)27(25(30)24(21)29)12-7-11-26(4)5/h6,8-10,13-14,16,22,28H,7,11-12,15H2,1-5H3/b23-21+/t22-/m1/s1. The van der Waals surface area contributed by atoms with Gasteiger partial charge in [-0.2, -0.15) is 0 Å². The van der Waals surface area contributed by atoms with Gasteiger partial charge in [-0.1, -0.05) is 19.9 Å². The number of likely N-dealkylation sites (tertiary alicyclic amines) is 1. The molecule has 6 nitrogen and oxygen atoms in total. The zero-order chi connectivity index (χ0) is 23.4. The maximum atomic E-state index is 13.0. The maximum Gasteiger partial charge on any atom is 0.295 e. The lowest BCUT2D eigenvalue weighted by atomic mass is 9.97. The number of rotatable bonds is 9. The minimum absolute atomic E-state index is 0.134. The third kappa shape index (κ3) is 5.22. The van der Waals surface area contributed by atoms with Crippen molar-refractivity contribution in [1.29, 1.82) is 0 Å². The molecule has 0 unspecified atom stereocenters. The van der Waals surface area contributed by atoms with Crippen molar-refractivity contribution in [3.8, 4) is 5.75 Å². The largest absolute Gasteiger partial charge is 0.507 e. The van der Waals surface area contributed by atoms with E-state index in [1.165, 1.54) is 11.3 Å². The number of nitrogens with zero attached hydrogens (tertiary/aromatic N) is 2. The molecule has 3 rings (SSSR count). The second-order valence-electron chi connectivity index (χ2n) is 8.85. The summed E-state index contributed by atoms with van der Waals surface area (Å²) >= 11 is 1.48. The summed E-state index contributed by atoms with van der Waals surface area (Å²) in [5.41, 5.74) is 1.48. The third-order valence-electron chi connectivity index (χ3n) is 5.39. The average Bonchev–Trinajstić information content (AvgIpc) is 3.34. The summed E-state index contributed by atoms with van der Waals surface area (Å²) in [5.74, 6) is -0.211. The minimum Gasteiger partial charge on any atom is -0.507 e. The summed E-state index contributed by atoms with van der Waals surface area (Å²) < 4.78 is 5.78. The number of benzene rings is 1. The van der Waals surface area contributed by atoms with Gasteiger partial charge in [0.15, 0.2) is 0 Å². The number of Topliss-reactive ketones (excluding diaryl/α,β-unsaturated/α-hetero) is 1. The van der Waals surface area contributed by atoms with Crippen molar-refractivity contribution in [2.75, 3.05) is 33.8 Å². The van der Waals surface area contributed by atoms with Crippen molar-refractivity contribution in [3.05, 3.63) is 57.3 Å². The van der Waals surface area contributed by atoms with Crippen molar-refractivity contribution >= 4 is 28.8 Å². The first-order valence-corrected chi connectivity index (χ1v) is 11.8. The van der Waals surface area contributed by atoms with Gasteiger partial charge in [-0.3, -0.25) is 9.59 Å². The van der Waals surface area contributed by atoms with Crippen LogP contribution in [0.4, 0.5) is 0 Å². The van der Waals surface area contributed by atoms with Crippen molar-refractivity contribution in [1.82, 2.24) is 9.80 Å². The number of carbonyl (C=O) groups excluding carboxylic acids is 2. The van der Waals surface area contributed by atoms with Crippen LogP contribution in [0.1, 0.15) is 42.3 Å². The Morgan fingerprint density at radius 3 is 2.59 bits per heavy atom. The second-order valence-corrected chi connectivity index (χ2v) is 9.83. The van der Waals surface area contributed by atoms with Gasteiger partial charge in [-0.15, -0.1) is 11.3 Å². The fourth-order valence-corrected chi connectivity index (χ4v) is 4.66. The Balaban J connectivity index is 1.99. The van der Waals surface area contributed by atoms with Crippen molar-refractivity contribution in [3.63, 3.8) is 0 Å². The van der Waals surface area contributed by atoms with Crippen molar-refractivity contribution in [2.24, 2.45) is 5.92 Å². The average molecular weight is 457 g/mol. The summed E-state index contributed by atoms with van der Waals surface area (Å²) in [4.78, 5) is 30.5. The highest BCUT2D eigenvalue weighted by Crippen LogP contribution is 2.41. The van der Waals surface area contributed by atoms with Gasteiger partial charge in [0.1, 0.15) is 11.5 Å². The molecule has 1 aliphatic rings. The fraction of sp³-hybridized carbons (Fsp3) is 0.440. The smallest absolute Gasteiger partial charge is 0.295 e. The van der Waals surface area contributed by atoms with E-state index in [2.05, 4.69) is 13.8 Å². The molecular weight excluding hydrogens is 424 g/mol. The number of amides is 1. The SMILES string of the molecule is Cc1cc(OCC(C)C)ccc1/C(O)=C1\C(=O)C(=O)N(CCCN(C)C)[C@@H]1c1cccs1. The molecule has 1 aromatic heterocycles. The van der Waals surface area contributed by atoms with Crippen LogP contribution in [0.15, 0.2) is 41.3 Å². The first kappa shape index (κ1) is 24.0. The normalized spacial score (nSPS) is 18.2. The molecule has 0 bridgehead atoms. The first-order valence-electron chi connectivity index (χ1n) is 10.9. The highest BCUT2D eigenvalue weighted by molar-refractivity contribution is 7.10. The van der Waals surface area contributed by atoms with Crippen LogP contribution in [0.25, 0.3) is 5.76 Å². The molecule has 1 N–H and O–H groups in total. The number of hydrogen-bond donors (Lipinski definition) is 1. The Morgan fingerprint density at radius 2 is 2.00 bits per heavy atom. The highest BCUT2D eigenvalue weighted by Gasteiger charge is 2.46. The Bertz CT molecular complexity index is 995. The van der Waals surface area contributed by atoms with Crippen LogP contribution in [-0.2, 0) is 9.59 Å². The molecule has 32 heavy (non-hydrogen) atoms. The molecular formula is C25H32N2O4S. The molecule has 0 spiro atoms. The number of aliphatic hydroxyl groups excluding tert-OH is 1. The minimum atomic E-state index is -0.634. The van der Waals surface area contributed by atoms with Crippen LogP contribution in [0.5, 0.6) is 5.75 Å². The summed E-state index contributed by atoms with van der Waals surface area (Å²) in [7, 11) is 3.95. The molecule has 1 aromatic carbocycles. The molecule has 0 saturated carbocycles. The zero-order valence-corrected chi connectivity index (χ0v) is 20.2. The van der Waals surface area contributed by atoms with Gasteiger partial charge < -0.3 is 19.6 Å². The number of thiophene rings is 1. The molecule has 0 aliphatic carbocycles. The molecule has 1 fully saturated rings. The Morgan fingerprint density at radius 1 is 1.25 bits per heavy atom. The van der Waals surface area contributed by atoms with E-state index in [0.29, 0.717) is 30.4 Å². The number of ketones is 1. The van der Waals surface area contributed by atoms with E-state index in [4.69, 9.17) is 4.74 Å². The van der Waals surface area contributed by atoms with Crippen molar-refractivity contribution < 1.29 is 19.4 Å². The molecule has 1 atom stereocenters. The lowest BCUT2D eigenvalue weighted by molar-refractivity contribution is -0.139. The third-order valence-corrected chi connectivity index (χ3v) is 6.32. The van der Waals surface area contributed by atoms with E-state index >= 15 is 0 Å². The lowest BCUT2D eigenvalue weighted by Crippen LogP contribution is -2.32. The lowest BCUT2D eigenvalue weighted by Gasteiger charge is -2.24. The molecule has 172 valence electrons. The van der Waals surface area contributed by atoms with Gasteiger partial charge >= 0.3 is 0 Å². The zero-order valence-electron chi connectivity index (χ0n) is 19.4. The Labute approximate surface area is 194 Å².